The van der Waals surface area contributed by atoms with Crippen LogP contribution in [-0.2, 0) is 17.1 Å². The molecule has 0 spiro atoms. The number of thiocarbonyl (C=S) groups is 1. The van der Waals surface area contributed by atoms with Crippen LogP contribution in [0.15, 0.2) is 0 Å². The van der Waals surface area contributed by atoms with E-state index < -0.39 is 0 Å². The van der Waals surface area contributed by atoms with Gasteiger partial charge >= 0.3 is 0 Å². The molecule has 0 aromatic carbocycles. The fraction of sp³-hybridized carbons (Fsp3) is 0. The summed E-state index contributed by atoms with van der Waals surface area (Å²) in [6.07, 6.45) is 0. The van der Waals surface area contributed by atoms with Crippen LogP contribution >= 0.6 is 24.8 Å². The normalized spacial score (nSPS) is 5.00. The first-order valence-corrected chi connectivity index (χ1v) is 1.57. The number of hydrogen-bond acceptors (Lipinski definition) is 1. The number of hydrogen-bond donors (Lipinski definition) is 2. The van der Waals surface area contributed by atoms with Gasteiger partial charge in [-0.2, -0.15) is 0 Å². The number of rotatable bonds is 0. The molecule has 31 valence electrons. The van der Waals surface area contributed by atoms with Gasteiger partial charge in [0.2, 0.25) is 0 Å². The van der Waals surface area contributed by atoms with Gasteiger partial charge in [-0.1, -0.05) is 12.2 Å². The molecule has 0 aliphatic rings. The van der Waals surface area contributed by atoms with Crippen molar-refractivity contribution >= 4 is 29.2 Å². The molecule has 0 amide bonds. The summed E-state index contributed by atoms with van der Waals surface area (Å²) in [5.74, 6) is 0. The molecule has 0 saturated heterocycles. The van der Waals surface area contributed by atoms with Gasteiger partial charge in [-0.25, -0.2) is 0 Å². The van der Waals surface area contributed by atoms with Gasteiger partial charge in [-0.15, -0.1) is 12.6 Å². The Balaban J connectivity index is 0. The molecular formula is CH3MnNS2. The number of nitrogens with two attached hydrogens (primary N) is 1. The van der Waals surface area contributed by atoms with Gasteiger partial charge in [0.05, 0.1) is 0 Å². The minimum Gasteiger partial charge on any atom is -0.385 e. The zero-order valence-corrected chi connectivity index (χ0v) is 5.20. The quantitative estimate of drug-likeness (QED) is 0.290. The van der Waals surface area contributed by atoms with Crippen LogP contribution in [0.25, 0.3) is 0 Å². The summed E-state index contributed by atoms with van der Waals surface area (Å²) < 4.78 is 0.194. The number of thiol groups is 1. The monoisotopic (exact) mass is 148 g/mol. The largest absolute Gasteiger partial charge is 0.385 e. The summed E-state index contributed by atoms with van der Waals surface area (Å²) in [5, 5.41) is 0. The summed E-state index contributed by atoms with van der Waals surface area (Å²) in [4.78, 5) is 0. The Kier molecular flexibility index (Phi) is 8.79. The summed E-state index contributed by atoms with van der Waals surface area (Å²) in [5.41, 5.74) is 4.71. The van der Waals surface area contributed by atoms with Crippen molar-refractivity contribution in [2.24, 2.45) is 5.73 Å². The third kappa shape index (κ3) is 62.8. The van der Waals surface area contributed by atoms with Crippen molar-refractivity contribution in [1.29, 1.82) is 0 Å². The van der Waals surface area contributed by atoms with E-state index >= 15 is 0 Å². The molecule has 0 aliphatic carbocycles. The Labute approximate surface area is 52.2 Å². The molecule has 0 saturated carbocycles. The molecule has 0 aromatic rings. The summed E-state index contributed by atoms with van der Waals surface area (Å²) in [6.45, 7) is 0. The van der Waals surface area contributed by atoms with E-state index in [4.69, 9.17) is 5.73 Å². The van der Waals surface area contributed by atoms with Gasteiger partial charge in [0, 0.05) is 17.1 Å². The van der Waals surface area contributed by atoms with E-state index in [0.717, 1.165) is 0 Å². The first kappa shape index (κ1) is 9.23. The van der Waals surface area contributed by atoms with Crippen molar-refractivity contribution in [1.82, 2.24) is 0 Å². The maximum atomic E-state index is 4.71. The molecule has 0 bridgehead atoms. The van der Waals surface area contributed by atoms with Crippen LogP contribution in [0.3, 0.4) is 0 Å². The zero-order valence-electron chi connectivity index (χ0n) is 2.31. The molecular weight excluding hydrogens is 145 g/mol. The van der Waals surface area contributed by atoms with Crippen molar-refractivity contribution in [3.8, 4) is 0 Å². The van der Waals surface area contributed by atoms with Crippen molar-refractivity contribution in [2.45, 2.75) is 0 Å². The summed E-state index contributed by atoms with van der Waals surface area (Å²) in [7, 11) is 0. The SMILES string of the molecule is NC(=S)S.[Mn]. The Hall–Kier alpha value is 0.759. The van der Waals surface area contributed by atoms with Gasteiger partial charge < -0.3 is 5.73 Å². The molecule has 1 nitrogen and oxygen atoms in total. The van der Waals surface area contributed by atoms with Crippen LogP contribution in [0.2, 0.25) is 0 Å². The van der Waals surface area contributed by atoms with E-state index in [-0.39, 0.29) is 21.4 Å². The molecule has 0 aromatic heterocycles. The Morgan fingerprint density at radius 1 is 1.80 bits per heavy atom. The molecule has 0 fully saturated rings. The van der Waals surface area contributed by atoms with E-state index in [1.807, 2.05) is 0 Å². The van der Waals surface area contributed by atoms with Crippen LogP contribution in [0.4, 0.5) is 0 Å². The average molecular weight is 148 g/mol. The fourth-order valence-electron chi connectivity index (χ4n) is 0. The van der Waals surface area contributed by atoms with Crippen LogP contribution in [0.5, 0.6) is 0 Å². The van der Waals surface area contributed by atoms with E-state index in [9.17, 15) is 0 Å². The second-order valence-corrected chi connectivity index (χ2v) is 1.56. The predicted molar refractivity (Wildman–Crippen MR) is 25.8 cm³/mol. The molecule has 2 N–H and O–H groups in total. The average Bonchev–Trinajstić information content (AvgIpc) is 0.811. The second-order valence-electron chi connectivity index (χ2n) is 0.338. The maximum Gasteiger partial charge on any atom is 0.128 e. The maximum absolute atomic E-state index is 4.71. The van der Waals surface area contributed by atoms with Crippen molar-refractivity contribution in [3.63, 3.8) is 0 Å². The van der Waals surface area contributed by atoms with E-state index in [1.54, 1.807) is 0 Å². The molecule has 1 radical (unpaired) electrons. The van der Waals surface area contributed by atoms with Gasteiger partial charge in [-0.05, 0) is 0 Å². The molecule has 0 rings (SSSR count). The minimum absolute atomic E-state index is 0. The van der Waals surface area contributed by atoms with Crippen molar-refractivity contribution < 1.29 is 17.1 Å². The molecule has 4 heteroatoms. The molecule has 0 unspecified atom stereocenters. The smallest absolute Gasteiger partial charge is 0.128 e. The van der Waals surface area contributed by atoms with Crippen LogP contribution < -0.4 is 5.73 Å². The van der Waals surface area contributed by atoms with Gasteiger partial charge in [0.1, 0.15) is 4.32 Å². The van der Waals surface area contributed by atoms with Crippen molar-refractivity contribution in [2.75, 3.05) is 0 Å². The minimum atomic E-state index is 0. The topological polar surface area (TPSA) is 26.0 Å². The van der Waals surface area contributed by atoms with Crippen LogP contribution in [0.1, 0.15) is 0 Å². The summed E-state index contributed by atoms with van der Waals surface area (Å²) >= 11 is 7.65. The van der Waals surface area contributed by atoms with E-state index in [2.05, 4.69) is 24.8 Å². The van der Waals surface area contributed by atoms with E-state index in [0.29, 0.717) is 0 Å². The fourth-order valence-corrected chi connectivity index (χ4v) is 0. The molecule has 5 heavy (non-hydrogen) atoms. The zero-order chi connectivity index (χ0) is 3.58. The second kappa shape index (κ2) is 4.76. The molecule has 0 heterocycles. The first-order chi connectivity index (χ1) is 1.73. The van der Waals surface area contributed by atoms with Gasteiger partial charge in [0.15, 0.2) is 0 Å². The van der Waals surface area contributed by atoms with Crippen molar-refractivity contribution in [3.05, 3.63) is 0 Å². The molecule has 0 atom stereocenters. The third-order valence-corrected chi connectivity index (χ3v) is 0. The van der Waals surface area contributed by atoms with Gasteiger partial charge in [-0.3, -0.25) is 0 Å². The molecule has 0 aliphatic heterocycles. The van der Waals surface area contributed by atoms with Crippen LogP contribution in [0, 0.1) is 0 Å². The van der Waals surface area contributed by atoms with Crippen LogP contribution in [-0.4, -0.2) is 4.32 Å². The Bertz CT molecular complexity index is 32.6. The Morgan fingerprint density at radius 2 is 1.80 bits per heavy atom. The standard InChI is InChI=1S/CH3NS2.Mn/c2-1(3)4;/h(H3,2,3,4);. The van der Waals surface area contributed by atoms with E-state index in [1.165, 1.54) is 0 Å². The third-order valence-electron chi connectivity index (χ3n) is 0. The Morgan fingerprint density at radius 3 is 1.80 bits per heavy atom. The van der Waals surface area contributed by atoms with Gasteiger partial charge in [0.25, 0.3) is 0 Å². The first-order valence-electron chi connectivity index (χ1n) is 0.716. The summed E-state index contributed by atoms with van der Waals surface area (Å²) in [6, 6.07) is 0. The predicted octanol–water partition coefficient (Wildman–Crippen LogP) is 0.157.